The first-order chi connectivity index (χ1) is 16.4. The third-order valence-electron chi connectivity index (χ3n) is 5.30. The number of nitro groups is 1. The van der Waals surface area contributed by atoms with E-state index in [1.807, 2.05) is 0 Å². The first kappa shape index (κ1) is 25.1. The van der Waals surface area contributed by atoms with Crippen LogP contribution in [0.3, 0.4) is 0 Å². The summed E-state index contributed by atoms with van der Waals surface area (Å²) >= 11 is 0. The van der Waals surface area contributed by atoms with Crippen molar-refractivity contribution in [3.8, 4) is 11.5 Å². The van der Waals surface area contributed by atoms with Crippen LogP contribution in [-0.2, 0) is 9.09 Å². The van der Waals surface area contributed by atoms with E-state index in [2.05, 4.69) is 0 Å². The van der Waals surface area contributed by atoms with Crippen LogP contribution < -0.4 is 4.74 Å². The molecule has 2 aromatic rings. The van der Waals surface area contributed by atoms with E-state index >= 15 is 0 Å². The van der Waals surface area contributed by atoms with Crippen LogP contribution in [0.4, 0.5) is 18.9 Å². The number of nitro benzene ring substituents is 1. The molecule has 0 bridgehead atoms. The van der Waals surface area contributed by atoms with Crippen molar-refractivity contribution in [1.29, 1.82) is 0 Å². The second-order valence-corrected chi connectivity index (χ2v) is 10.6. The summed E-state index contributed by atoms with van der Waals surface area (Å²) in [7, 11) is -0.792. The average molecular weight is 514 g/mol. The molecule has 1 atom stereocenters. The van der Waals surface area contributed by atoms with Crippen LogP contribution in [-0.4, -0.2) is 71.5 Å². The molecule has 2 aliphatic rings. The second kappa shape index (κ2) is 9.23. The number of nitrogens with zero attached hydrogens (tertiary/aromatic N) is 4. The Morgan fingerprint density at radius 3 is 2.26 bits per heavy atom. The van der Waals surface area contributed by atoms with Gasteiger partial charge in [-0.05, 0) is 35.9 Å². The van der Waals surface area contributed by atoms with E-state index < -0.39 is 41.9 Å². The van der Waals surface area contributed by atoms with Crippen LogP contribution in [0, 0.1) is 10.1 Å². The largest absolute Gasteiger partial charge is 0.450 e. The molecule has 0 aliphatic carbocycles. The lowest BCUT2D eigenvalue weighted by Crippen LogP contribution is -2.25. The highest BCUT2D eigenvalue weighted by Gasteiger charge is 2.55. The standard InChI is InChI=1S/C21H22F3N4O6P/c1-25(2)20(29)15-4-3-5-16(12-15)33-18-13-14(6-7-17(18)28(30)31)19(21(22,23)24)34-35(32,26-8-9-26)27-10-11-27/h3-7,12-13,19H,8-11H2,1-2H3. The van der Waals surface area contributed by atoms with Gasteiger partial charge in [-0.15, -0.1) is 0 Å². The van der Waals surface area contributed by atoms with E-state index in [9.17, 15) is 32.6 Å². The minimum atomic E-state index is -4.95. The Morgan fingerprint density at radius 1 is 1.11 bits per heavy atom. The summed E-state index contributed by atoms with van der Waals surface area (Å²) in [6.07, 6.45) is -7.55. The molecule has 2 heterocycles. The zero-order chi connectivity index (χ0) is 25.5. The average Bonchev–Trinajstić information content (AvgIpc) is 3.68. The monoisotopic (exact) mass is 514 g/mol. The molecule has 2 aromatic carbocycles. The van der Waals surface area contributed by atoms with Crippen LogP contribution in [0.15, 0.2) is 42.5 Å². The van der Waals surface area contributed by atoms with Crippen LogP contribution in [0.25, 0.3) is 0 Å². The van der Waals surface area contributed by atoms with Gasteiger partial charge in [0.15, 0.2) is 6.10 Å². The van der Waals surface area contributed by atoms with Crippen LogP contribution >= 0.6 is 7.67 Å². The van der Waals surface area contributed by atoms with Gasteiger partial charge in [0.25, 0.3) is 5.91 Å². The second-order valence-electron chi connectivity index (χ2n) is 8.24. The molecule has 2 aliphatic heterocycles. The van der Waals surface area contributed by atoms with Crippen LogP contribution in [0.5, 0.6) is 11.5 Å². The molecule has 14 heteroatoms. The number of hydrogen-bond acceptors (Lipinski definition) is 6. The van der Waals surface area contributed by atoms with Crippen molar-refractivity contribution in [1.82, 2.24) is 14.2 Å². The number of amides is 1. The smallest absolute Gasteiger partial charge is 0.419 e. The van der Waals surface area contributed by atoms with E-state index in [0.717, 1.165) is 18.2 Å². The Balaban J connectivity index is 1.70. The van der Waals surface area contributed by atoms with Crippen molar-refractivity contribution >= 4 is 19.3 Å². The Labute approximate surface area is 198 Å². The molecule has 2 saturated heterocycles. The van der Waals surface area contributed by atoms with Crippen molar-refractivity contribution in [2.24, 2.45) is 0 Å². The minimum Gasteiger partial charge on any atom is -0.450 e. The number of rotatable bonds is 9. The normalized spacial score (nSPS) is 17.1. The molecule has 0 N–H and O–H groups in total. The van der Waals surface area contributed by atoms with E-state index in [1.54, 1.807) is 0 Å². The van der Waals surface area contributed by atoms with Gasteiger partial charge in [0.1, 0.15) is 5.75 Å². The maximum atomic E-state index is 14.0. The molecule has 0 spiro atoms. The minimum absolute atomic E-state index is 0.0151. The number of ether oxygens (including phenoxy) is 1. The molecule has 2 fully saturated rings. The van der Waals surface area contributed by atoms with Gasteiger partial charge in [0.2, 0.25) is 5.75 Å². The summed E-state index contributed by atoms with van der Waals surface area (Å²) in [4.78, 5) is 24.3. The number of carbonyl (C=O) groups is 1. The lowest BCUT2D eigenvalue weighted by Gasteiger charge is -2.28. The zero-order valence-electron chi connectivity index (χ0n) is 18.8. The predicted molar refractivity (Wildman–Crippen MR) is 118 cm³/mol. The fourth-order valence-corrected chi connectivity index (χ4v) is 5.69. The maximum absolute atomic E-state index is 14.0. The van der Waals surface area contributed by atoms with Crippen LogP contribution in [0.1, 0.15) is 22.0 Å². The predicted octanol–water partition coefficient (Wildman–Crippen LogP) is 4.45. The van der Waals surface area contributed by atoms with Crippen LogP contribution in [0.2, 0.25) is 0 Å². The molecule has 0 radical (unpaired) electrons. The fourth-order valence-electron chi connectivity index (χ4n) is 3.36. The van der Waals surface area contributed by atoms with E-state index in [1.165, 1.54) is 52.6 Å². The van der Waals surface area contributed by atoms with Crippen molar-refractivity contribution in [3.05, 3.63) is 63.7 Å². The molecule has 188 valence electrons. The molecule has 4 rings (SSSR count). The van der Waals surface area contributed by atoms with Gasteiger partial charge in [-0.25, -0.2) is 9.34 Å². The summed E-state index contributed by atoms with van der Waals surface area (Å²) in [6, 6.07) is 8.36. The highest BCUT2D eigenvalue weighted by Crippen LogP contribution is 2.64. The Hall–Kier alpha value is -2.99. The van der Waals surface area contributed by atoms with Crippen molar-refractivity contribution in [3.63, 3.8) is 0 Å². The topological polar surface area (TPSA) is 105 Å². The van der Waals surface area contributed by atoms with E-state index in [0.29, 0.717) is 26.2 Å². The molecular weight excluding hydrogens is 492 g/mol. The van der Waals surface area contributed by atoms with Gasteiger partial charge in [0.05, 0.1) is 4.92 Å². The number of alkyl halides is 3. The summed E-state index contributed by atoms with van der Waals surface area (Å²) in [5.74, 6) is -0.820. The highest BCUT2D eigenvalue weighted by molar-refractivity contribution is 7.54. The number of benzene rings is 2. The summed E-state index contributed by atoms with van der Waals surface area (Å²) in [6.45, 7) is 1.42. The quantitative estimate of drug-likeness (QED) is 0.209. The number of hydrogen-bond donors (Lipinski definition) is 0. The summed E-state index contributed by atoms with van der Waals surface area (Å²) in [5.41, 5.74) is -0.859. The van der Waals surface area contributed by atoms with Gasteiger partial charge in [-0.3, -0.25) is 24.0 Å². The lowest BCUT2D eigenvalue weighted by atomic mass is 10.1. The Kier molecular flexibility index (Phi) is 6.62. The van der Waals surface area contributed by atoms with Crippen molar-refractivity contribution in [2.45, 2.75) is 12.3 Å². The molecule has 0 aromatic heterocycles. The van der Waals surface area contributed by atoms with Gasteiger partial charge < -0.3 is 9.64 Å². The van der Waals surface area contributed by atoms with Gasteiger partial charge in [-0.2, -0.15) is 13.2 Å². The Morgan fingerprint density at radius 2 is 1.74 bits per heavy atom. The number of carbonyl (C=O) groups excluding carboxylic acids is 1. The van der Waals surface area contributed by atoms with E-state index in [-0.39, 0.29) is 17.2 Å². The third-order valence-corrected chi connectivity index (χ3v) is 8.02. The fraction of sp³-hybridized carbons (Fsp3) is 0.381. The summed E-state index contributed by atoms with van der Waals surface area (Å²) < 4.78 is 68.8. The molecule has 10 nitrogen and oxygen atoms in total. The molecule has 1 amide bonds. The van der Waals surface area contributed by atoms with Gasteiger partial charge in [0, 0.05) is 51.9 Å². The van der Waals surface area contributed by atoms with Gasteiger partial charge >= 0.3 is 19.5 Å². The SMILES string of the molecule is CN(C)C(=O)c1cccc(Oc2cc(C(OP(=O)(N3CC3)N3CC3)C(F)(F)F)ccc2[N+](=O)[O-])c1. The van der Waals surface area contributed by atoms with Gasteiger partial charge in [-0.1, -0.05) is 6.07 Å². The third kappa shape index (κ3) is 5.48. The van der Waals surface area contributed by atoms with E-state index in [4.69, 9.17) is 9.26 Å². The lowest BCUT2D eigenvalue weighted by molar-refractivity contribution is -0.385. The molecule has 1 unspecified atom stereocenters. The summed E-state index contributed by atoms with van der Waals surface area (Å²) in [5, 5.41) is 11.5. The number of halogens is 3. The van der Waals surface area contributed by atoms with Crippen molar-refractivity contribution < 1.29 is 36.7 Å². The molecule has 35 heavy (non-hydrogen) atoms. The Bertz CT molecular complexity index is 1180. The highest BCUT2D eigenvalue weighted by atomic mass is 31.2. The first-order valence-electron chi connectivity index (χ1n) is 10.5. The molecule has 0 saturated carbocycles. The zero-order valence-corrected chi connectivity index (χ0v) is 19.7. The van der Waals surface area contributed by atoms with Crippen molar-refractivity contribution in [2.75, 3.05) is 40.3 Å². The molecular formula is C21H22F3N4O6P. The maximum Gasteiger partial charge on any atom is 0.419 e. The first-order valence-corrected chi connectivity index (χ1v) is 12.1.